The van der Waals surface area contributed by atoms with Gasteiger partial charge in [0.05, 0.1) is 0 Å². The Kier molecular flexibility index (Phi) is 46.7. The summed E-state index contributed by atoms with van der Waals surface area (Å²) in [5.41, 5.74) is 0. The minimum absolute atomic E-state index is 0. The van der Waals surface area contributed by atoms with Gasteiger partial charge in [-0.15, -0.1) is 0 Å². The second-order valence-corrected chi connectivity index (χ2v) is 9.00. The molecule has 0 aliphatic heterocycles. The topological polar surface area (TPSA) is 0 Å². The average Bonchev–Trinajstić information content (AvgIpc) is 1.66. The molecule has 0 fully saturated rings. The van der Waals surface area contributed by atoms with Crippen LogP contribution >= 0.6 is 15.8 Å². The van der Waals surface area contributed by atoms with Crippen molar-refractivity contribution >= 4 is 21.0 Å². The summed E-state index contributed by atoms with van der Waals surface area (Å²) in [6.07, 6.45) is 0. The zero-order valence-corrected chi connectivity index (χ0v) is 12.9. The summed E-state index contributed by atoms with van der Waals surface area (Å²) in [6, 6.07) is 0. The van der Waals surface area contributed by atoms with Crippen molar-refractivity contribution in [3.05, 3.63) is 7.43 Å². The normalized spacial score (nSPS) is 7.00. The van der Waals surface area contributed by atoms with Crippen LogP contribution in [0.5, 0.6) is 0 Å². The molecular formula is C8H26P2Ru+. The molecule has 0 amide bonds. The molecule has 0 atom stereocenters. The van der Waals surface area contributed by atoms with Gasteiger partial charge in [-0.05, 0) is 15.8 Å². The zero-order chi connectivity index (χ0) is 9.15. The van der Waals surface area contributed by atoms with Crippen LogP contribution in [0.2, 0.25) is 0 Å². The Morgan fingerprint density at radius 1 is 0.727 bits per heavy atom. The van der Waals surface area contributed by atoms with Crippen LogP contribution < -0.4 is 0 Å². The molecule has 3 heteroatoms. The second kappa shape index (κ2) is 22.5. The molecule has 0 heterocycles. The van der Waals surface area contributed by atoms with E-state index in [1.165, 1.54) is 0 Å². The van der Waals surface area contributed by atoms with Crippen LogP contribution in [0.25, 0.3) is 0 Å². The first kappa shape index (κ1) is 22.8. The van der Waals surface area contributed by atoms with Crippen LogP contribution in [0.15, 0.2) is 0 Å². The third-order valence-corrected chi connectivity index (χ3v) is 0. The van der Waals surface area contributed by atoms with E-state index in [1.54, 1.807) is 0 Å². The first-order chi connectivity index (χ1) is 4.46. The summed E-state index contributed by atoms with van der Waals surface area (Å²) >= 11 is 1.90. The third-order valence-electron chi connectivity index (χ3n) is 0. The molecule has 0 saturated carbocycles. The molecule has 0 nitrogen and oxygen atoms in total. The van der Waals surface area contributed by atoms with Gasteiger partial charge in [0.2, 0.25) is 0 Å². The monoisotopic (exact) mass is 286 g/mol. The molecule has 0 aromatic heterocycles. The van der Waals surface area contributed by atoms with Gasteiger partial charge in [-0.2, -0.15) is 0 Å². The zero-order valence-electron chi connectivity index (χ0n) is 9.09. The molecule has 0 aromatic carbocycles. The number of hydrogen-bond donors (Lipinski definition) is 0. The summed E-state index contributed by atoms with van der Waals surface area (Å²) in [7, 11) is 0.241. The van der Waals surface area contributed by atoms with Crippen LogP contribution in [0.4, 0.5) is 0 Å². The second-order valence-electron chi connectivity index (χ2n) is 3.00. The maximum Gasteiger partial charge on any atom is -0.358 e. The summed E-state index contributed by atoms with van der Waals surface area (Å²) in [5.74, 6) is 0. The summed E-state index contributed by atoms with van der Waals surface area (Å²) in [4.78, 5) is 0. The quantitative estimate of drug-likeness (QED) is 0.364. The minimum Gasteiger partial charge on any atom is -0.358 e. The van der Waals surface area contributed by atoms with Crippen molar-refractivity contribution in [2.45, 2.75) is 0 Å². The molecule has 0 bridgehead atoms. The van der Waals surface area contributed by atoms with Crippen molar-refractivity contribution in [3.63, 3.8) is 0 Å². The molecule has 0 spiro atoms. The fourth-order valence-electron chi connectivity index (χ4n) is 0. The Labute approximate surface area is 86.3 Å². The SMILES string of the molecule is C[PH+](C)C.C[PH+](C)C.[CH2]=[RuH].[CH3-]. The van der Waals surface area contributed by atoms with E-state index < -0.39 is 0 Å². The van der Waals surface area contributed by atoms with Gasteiger partial charge in [0.15, 0.2) is 0 Å². The molecule has 11 heavy (non-hydrogen) atoms. The Balaban J connectivity index is -0.0000000339. The Morgan fingerprint density at radius 2 is 0.727 bits per heavy atom. The molecule has 75 valence electrons. The van der Waals surface area contributed by atoms with E-state index in [1.807, 2.05) is 17.9 Å². The standard InChI is InChI=1S/2C3H9P.CH3.CH2.Ru.H/c2*1-4(2)3;;;;/h2*1-3H3;1H3;1H2;;/q;;-1;;;/p+2. The molecule has 0 rings (SSSR count). The first-order valence-electron chi connectivity index (χ1n) is 3.27. The third kappa shape index (κ3) is 542. The molecule has 0 unspecified atom stereocenters. The van der Waals surface area contributed by atoms with Crippen LogP contribution in [0, 0.1) is 7.43 Å². The first-order valence-corrected chi connectivity index (χ1v) is 10.6. The summed E-state index contributed by atoms with van der Waals surface area (Å²) in [6.45, 7) is 13.6. The molecule has 0 radical (unpaired) electrons. The summed E-state index contributed by atoms with van der Waals surface area (Å²) < 4.78 is 0. The van der Waals surface area contributed by atoms with Gasteiger partial charge in [-0.1, -0.05) is 0 Å². The van der Waals surface area contributed by atoms with Crippen molar-refractivity contribution < 1.29 is 17.9 Å². The van der Waals surface area contributed by atoms with Gasteiger partial charge >= 0.3 is 23.0 Å². The largest absolute Gasteiger partial charge is 0.358 e. The van der Waals surface area contributed by atoms with Gasteiger partial charge in [-0.25, -0.2) is 0 Å². The van der Waals surface area contributed by atoms with Gasteiger partial charge < -0.3 is 7.43 Å². The van der Waals surface area contributed by atoms with Gasteiger partial charge in [0.25, 0.3) is 0 Å². The predicted octanol–water partition coefficient (Wildman–Crippen LogP) is 2.33. The molecule has 0 saturated heterocycles. The maximum absolute atomic E-state index is 3.22. The minimum atomic E-state index is 0. The molecule has 0 N–H and O–H groups in total. The van der Waals surface area contributed by atoms with Gasteiger partial charge in [0, 0.05) is 40.0 Å². The van der Waals surface area contributed by atoms with Gasteiger partial charge in [0.1, 0.15) is 0 Å². The van der Waals surface area contributed by atoms with Crippen LogP contribution in [0.3, 0.4) is 0 Å². The molecule has 0 aliphatic rings. The maximum atomic E-state index is 3.22. The van der Waals surface area contributed by atoms with E-state index in [0.29, 0.717) is 0 Å². The van der Waals surface area contributed by atoms with E-state index in [2.05, 4.69) is 45.1 Å². The smallest absolute Gasteiger partial charge is 0.358 e. The van der Waals surface area contributed by atoms with Crippen molar-refractivity contribution in [3.8, 4) is 0 Å². The van der Waals surface area contributed by atoms with E-state index in [-0.39, 0.29) is 23.3 Å². The summed E-state index contributed by atoms with van der Waals surface area (Å²) in [5, 5.41) is 3.22. The van der Waals surface area contributed by atoms with E-state index in [9.17, 15) is 0 Å². The Bertz CT molecular complexity index is 35.8. The Morgan fingerprint density at radius 3 is 0.727 bits per heavy atom. The van der Waals surface area contributed by atoms with E-state index in [4.69, 9.17) is 0 Å². The van der Waals surface area contributed by atoms with E-state index in [0.717, 1.165) is 0 Å². The van der Waals surface area contributed by atoms with Crippen molar-refractivity contribution in [2.24, 2.45) is 0 Å². The van der Waals surface area contributed by atoms with Crippen LogP contribution in [-0.4, -0.2) is 45.1 Å². The van der Waals surface area contributed by atoms with Gasteiger partial charge in [-0.3, -0.25) is 0 Å². The number of hydrogen-bond acceptors (Lipinski definition) is 0. The van der Waals surface area contributed by atoms with Crippen molar-refractivity contribution in [2.75, 3.05) is 40.0 Å². The predicted molar refractivity (Wildman–Crippen MR) is 67.1 cm³/mol. The van der Waals surface area contributed by atoms with Crippen LogP contribution in [0.1, 0.15) is 0 Å². The number of rotatable bonds is 0. The fourth-order valence-corrected chi connectivity index (χ4v) is 0. The van der Waals surface area contributed by atoms with Crippen molar-refractivity contribution in [1.82, 2.24) is 0 Å². The van der Waals surface area contributed by atoms with E-state index >= 15 is 0 Å². The molecule has 0 aliphatic carbocycles. The average molecular weight is 285 g/mol. The van der Waals surface area contributed by atoms with Crippen LogP contribution in [-0.2, 0) is 17.9 Å². The molecular weight excluding hydrogens is 259 g/mol. The Hall–Kier alpha value is 1.35. The van der Waals surface area contributed by atoms with Crippen molar-refractivity contribution in [1.29, 1.82) is 0 Å². The molecule has 0 aromatic rings. The fraction of sp³-hybridized carbons (Fsp3) is 0.750.